The summed E-state index contributed by atoms with van der Waals surface area (Å²) in [5.41, 5.74) is -7.12. The number of nitro groups is 3. The van der Waals surface area contributed by atoms with Crippen LogP contribution in [-0.4, -0.2) is 38.4 Å². The van der Waals surface area contributed by atoms with Crippen molar-refractivity contribution in [2.45, 2.75) is 5.25 Å². The largest absolute Gasteiger partial charge is 0.747 e. The topological polar surface area (TPSA) is 236 Å². The van der Waals surface area contributed by atoms with Gasteiger partial charge in [0.2, 0.25) is 5.71 Å². The molecule has 0 radical (unpaired) electrons. The molecule has 1 aromatic carbocycles. The molecule has 1 aliphatic rings. The maximum absolute atomic E-state index is 11.5. The minimum atomic E-state index is -5.61. The number of hydrogen-bond donors (Lipinski definition) is 0. The van der Waals surface area contributed by atoms with E-state index in [2.05, 4.69) is 0 Å². The van der Waals surface area contributed by atoms with Crippen molar-refractivity contribution >= 4 is 27.2 Å². The molecule has 0 saturated heterocycles. The number of allylic oxidation sites excluding steroid dienone is 1. The Balaban J connectivity index is 3.10. The lowest BCUT2D eigenvalue weighted by atomic mass is 9.90. The maximum Gasteiger partial charge on any atom is 0.290 e. The average Bonchev–Trinajstić information content (AvgIpc) is 2.50. The molecule has 0 saturated carbocycles. The van der Waals surface area contributed by atoms with Crippen molar-refractivity contribution in [1.82, 2.24) is 0 Å². The minimum Gasteiger partial charge on any atom is -0.747 e. The summed E-state index contributed by atoms with van der Waals surface area (Å²) in [6, 6.07) is 0.671. The van der Waals surface area contributed by atoms with Crippen LogP contribution in [0.3, 0.4) is 0 Å². The van der Waals surface area contributed by atoms with E-state index in [4.69, 9.17) is 0 Å². The fraction of sp³-hybridized carbons (Fsp3) is 0.100. The van der Waals surface area contributed by atoms with Crippen LogP contribution in [0.5, 0.6) is 0 Å². The van der Waals surface area contributed by atoms with E-state index < -0.39 is 69.0 Å². The van der Waals surface area contributed by atoms with Crippen LogP contribution in [0.2, 0.25) is 0 Å². The predicted molar refractivity (Wildman–Crippen MR) is 78.4 cm³/mol. The standard InChI is InChI=1S/C10H5N4O11S/c15-11(16)4-1-5-9(6(2-4)12(17)18)7(13(19)20)3-8(14(21)22)10(5)26(23,24)25/h1-3,10H,(H-,19,20,23,24,25)/q-1/p-1. The average molecular weight is 388 g/mol. The molecule has 2 rings (SSSR count). The van der Waals surface area contributed by atoms with Gasteiger partial charge in [-0.3, -0.25) is 30.3 Å². The lowest BCUT2D eigenvalue weighted by Gasteiger charge is -2.24. The molecule has 0 amide bonds. The van der Waals surface area contributed by atoms with Crippen molar-refractivity contribution in [3.63, 3.8) is 0 Å². The molecule has 138 valence electrons. The second kappa shape index (κ2) is 6.01. The molecule has 0 bridgehead atoms. The molecule has 15 nitrogen and oxygen atoms in total. The van der Waals surface area contributed by atoms with Gasteiger partial charge in [0.15, 0.2) is 5.25 Å². The fourth-order valence-corrected chi connectivity index (χ4v) is 3.36. The van der Waals surface area contributed by atoms with Crippen LogP contribution < -0.4 is 0 Å². The van der Waals surface area contributed by atoms with Gasteiger partial charge in [0.25, 0.3) is 17.1 Å². The van der Waals surface area contributed by atoms with Gasteiger partial charge < -0.3 is 15.0 Å². The Bertz CT molecular complexity index is 1020. The monoisotopic (exact) mass is 388 g/mol. The first-order chi connectivity index (χ1) is 11.9. The highest BCUT2D eigenvalue weighted by Crippen LogP contribution is 2.42. The van der Waals surface area contributed by atoms with Crippen LogP contribution in [0.1, 0.15) is 16.4 Å². The molecule has 1 unspecified atom stereocenters. The van der Waals surface area contributed by atoms with Crippen molar-refractivity contribution < 1.29 is 32.6 Å². The number of nitrogens with zero attached hydrogens (tertiary/aromatic N) is 4. The van der Waals surface area contributed by atoms with Crippen LogP contribution in [-0.2, 0) is 10.1 Å². The molecule has 26 heavy (non-hydrogen) atoms. The molecular formula is C10H4N4O11S-2. The number of benzene rings is 1. The molecule has 0 spiro atoms. The van der Waals surface area contributed by atoms with Gasteiger partial charge in [-0.05, 0) is 0 Å². The Morgan fingerprint density at radius 3 is 1.85 bits per heavy atom. The van der Waals surface area contributed by atoms with Crippen molar-refractivity contribution in [3.8, 4) is 0 Å². The first-order valence-electron chi connectivity index (χ1n) is 6.15. The Morgan fingerprint density at radius 1 is 0.885 bits per heavy atom. The van der Waals surface area contributed by atoms with Crippen molar-refractivity contribution in [2.75, 3.05) is 0 Å². The summed E-state index contributed by atoms with van der Waals surface area (Å²) in [5, 5.41) is 52.7. The normalized spacial score (nSPS) is 16.4. The van der Waals surface area contributed by atoms with Gasteiger partial charge in [-0.1, -0.05) is 0 Å². The summed E-state index contributed by atoms with van der Waals surface area (Å²) in [7, 11) is -5.61. The molecule has 0 N–H and O–H groups in total. The molecular weight excluding hydrogens is 384 g/mol. The van der Waals surface area contributed by atoms with Gasteiger partial charge >= 0.3 is 0 Å². The minimum absolute atomic E-state index is 0.112. The van der Waals surface area contributed by atoms with Gasteiger partial charge in [0.05, 0.1) is 26.9 Å². The smallest absolute Gasteiger partial charge is 0.290 e. The van der Waals surface area contributed by atoms with E-state index in [1.54, 1.807) is 0 Å². The molecule has 1 atom stereocenters. The van der Waals surface area contributed by atoms with Gasteiger partial charge in [-0.25, -0.2) is 8.42 Å². The van der Waals surface area contributed by atoms with E-state index in [-0.39, 0.29) is 6.08 Å². The Hall–Kier alpha value is -3.66. The molecule has 0 heterocycles. The summed E-state index contributed by atoms with van der Waals surface area (Å²) < 4.78 is 34.4. The quantitative estimate of drug-likeness (QED) is 0.289. The SMILES string of the molecule is O=[N+]([O-])C1=CC(=[N+]([O-])[O-])c2c(cc([N+](=O)[O-])cc2[N+](=O)[O-])C1S(=O)(=O)[O-]. The molecule has 1 aliphatic carbocycles. The van der Waals surface area contributed by atoms with Crippen LogP contribution in [0, 0.1) is 40.8 Å². The summed E-state index contributed by atoms with van der Waals surface area (Å²) in [6.07, 6.45) is 0.112. The van der Waals surface area contributed by atoms with Crippen LogP contribution in [0.4, 0.5) is 11.4 Å². The van der Waals surface area contributed by atoms with Crippen molar-refractivity contribution in [3.05, 3.63) is 75.8 Å². The van der Waals surface area contributed by atoms with E-state index in [0.717, 1.165) is 0 Å². The molecule has 0 aliphatic heterocycles. The Morgan fingerprint density at radius 2 is 1.46 bits per heavy atom. The van der Waals surface area contributed by atoms with E-state index in [0.29, 0.717) is 12.1 Å². The molecule has 0 fully saturated rings. The Kier molecular flexibility index (Phi) is 4.31. The highest BCUT2D eigenvalue weighted by atomic mass is 32.2. The third-order valence-electron chi connectivity index (χ3n) is 3.33. The maximum atomic E-state index is 11.5. The number of nitro benzene ring substituents is 2. The van der Waals surface area contributed by atoms with E-state index in [1.807, 2.05) is 0 Å². The zero-order chi connectivity index (χ0) is 20.0. The van der Waals surface area contributed by atoms with Crippen LogP contribution in [0.25, 0.3) is 0 Å². The Labute approximate surface area is 141 Å². The van der Waals surface area contributed by atoms with E-state index >= 15 is 0 Å². The lowest BCUT2D eigenvalue weighted by Crippen LogP contribution is -2.29. The highest BCUT2D eigenvalue weighted by Gasteiger charge is 2.45. The van der Waals surface area contributed by atoms with Crippen LogP contribution >= 0.6 is 0 Å². The molecule has 1 aromatic rings. The summed E-state index contributed by atoms with van der Waals surface area (Å²) in [6.45, 7) is 0. The lowest BCUT2D eigenvalue weighted by molar-refractivity contribution is -0.428. The predicted octanol–water partition coefficient (Wildman–Crippen LogP) is 0.0607. The number of non-ortho nitro benzene ring substituents is 1. The first-order valence-corrected chi connectivity index (χ1v) is 7.62. The molecule has 16 heteroatoms. The number of fused-ring (bicyclic) bond motifs is 1. The number of rotatable bonds is 4. The second-order valence-corrected chi connectivity index (χ2v) is 6.24. The van der Waals surface area contributed by atoms with Crippen LogP contribution in [0.15, 0.2) is 23.9 Å². The summed E-state index contributed by atoms with van der Waals surface area (Å²) in [5.74, 6) is 0. The fourth-order valence-electron chi connectivity index (χ4n) is 2.41. The summed E-state index contributed by atoms with van der Waals surface area (Å²) in [4.78, 5) is 28.0. The number of hydrogen-bond acceptors (Lipinski definition) is 11. The van der Waals surface area contributed by atoms with Gasteiger partial charge in [0.1, 0.15) is 15.7 Å². The van der Waals surface area contributed by atoms with Crippen molar-refractivity contribution in [2.24, 2.45) is 0 Å². The third kappa shape index (κ3) is 3.00. The van der Waals surface area contributed by atoms with Gasteiger partial charge in [-0.15, -0.1) is 0 Å². The highest BCUT2D eigenvalue weighted by molar-refractivity contribution is 7.86. The first kappa shape index (κ1) is 18.7. The van der Waals surface area contributed by atoms with Gasteiger partial charge in [-0.2, -0.15) is 4.90 Å². The summed E-state index contributed by atoms with van der Waals surface area (Å²) >= 11 is 0. The van der Waals surface area contributed by atoms with Crippen molar-refractivity contribution in [1.29, 1.82) is 0 Å². The molecule has 0 aromatic heterocycles. The van der Waals surface area contributed by atoms with E-state index in [9.17, 15) is 53.7 Å². The second-order valence-electron chi connectivity index (χ2n) is 4.78. The van der Waals surface area contributed by atoms with E-state index in [1.165, 1.54) is 0 Å². The zero-order valence-corrected chi connectivity index (χ0v) is 12.8. The third-order valence-corrected chi connectivity index (χ3v) is 4.40. The van der Waals surface area contributed by atoms with Gasteiger partial charge in [0, 0.05) is 11.6 Å². The zero-order valence-electron chi connectivity index (χ0n) is 12.0.